The van der Waals surface area contributed by atoms with Crippen molar-refractivity contribution in [1.82, 2.24) is 4.90 Å². The van der Waals surface area contributed by atoms with Crippen LogP contribution in [0.15, 0.2) is 90.0 Å². The molecule has 4 rings (SSSR count). The molecule has 1 fully saturated rings. The SMILES string of the molecule is C#CC(=Nc1ccccc1C)C1CCN(C(=O)c2ccc(/C(=C\CC(=C)C)c3cccc(C(C)(F)F)c3)c(C)c2)CC1. The monoisotopic (exact) mass is 564 g/mol. The molecule has 0 unspecified atom stereocenters. The number of halogens is 2. The van der Waals surface area contributed by atoms with Crippen LogP contribution >= 0.6 is 0 Å². The molecule has 1 aliphatic heterocycles. The number of amides is 1. The fourth-order valence-corrected chi connectivity index (χ4v) is 5.32. The first kappa shape index (κ1) is 30.7. The minimum Gasteiger partial charge on any atom is -0.339 e. The molecule has 0 atom stereocenters. The van der Waals surface area contributed by atoms with E-state index >= 15 is 0 Å². The van der Waals surface area contributed by atoms with E-state index in [0.29, 0.717) is 30.6 Å². The molecule has 0 bridgehead atoms. The molecular formula is C37H38F2N2O. The molecule has 5 heteroatoms. The molecule has 3 aromatic carbocycles. The van der Waals surface area contributed by atoms with Crippen LogP contribution in [-0.2, 0) is 5.92 Å². The number of nitrogens with zero attached hydrogens (tertiary/aromatic N) is 2. The highest BCUT2D eigenvalue weighted by molar-refractivity contribution is 6.03. The summed E-state index contributed by atoms with van der Waals surface area (Å²) in [5.74, 6) is -0.0512. The van der Waals surface area contributed by atoms with Crippen LogP contribution < -0.4 is 0 Å². The maximum absolute atomic E-state index is 14.1. The summed E-state index contributed by atoms with van der Waals surface area (Å²) in [6.45, 7) is 12.0. The predicted molar refractivity (Wildman–Crippen MR) is 169 cm³/mol. The molecule has 42 heavy (non-hydrogen) atoms. The van der Waals surface area contributed by atoms with Crippen molar-refractivity contribution in [2.75, 3.05) is 13.1 Å². The predicted octanol–water partition coefficient (Wildman–Crippen LogP) is 9.07. The number of para-hydroxylation sites is 1. The Labute approximate surface area is 248 Å². The van der Waals surface area contributed by atoms with Crippen molar-refractivity contribution in [2.24, 2.45) is 10.9 Å². The van der Waals surface area contributed by atoms with Crippen molar-refractivity contribution in [3.63, 3.8) is 0 Å². The molecule has 0 aliphatic carbocycles. The zero-order chi connectivity index (χ0) is 30.4. The number of aliphatic imine (C=N–C) groups is 1. The lowest BCUT2D eigenvalue weighted by Gasteiger charge is -2.32. The van der Waals surface area contributed by atoms with Crippen molar-refractivity contribution in [3.05, 3.63) is 118 Å². The van der Waals surface area contributed by atoms with Crippen molar-refractivity contribution < 1.29 is 13.6 Å². The number of carbonyl (C=O) groups excluding carboxylic acids is 1. The van der Waals surface area contributed by atoms with E-state index in [4.69, 9.17) is 11.4 Å². The van der Waals surface area contributed by atoms with Crippen LogP contribution in [0, 0.1) is 32.1 Å². The fourth-order valence-electron chi connectivity index (χ4n) is 5.32. The number of benzene rings is 3. The van der Waals surface area contributed by atoms with Crippen LogP contribution in [0.1, 0.15) is 71.3 Å². The molecule has 1 saturated heterocycles. The van der Waals surface area contributed by atoms with Gasteiger partial charge in [0.15, 0.2) is 0 Å². The summed E-state index contributed by atoms with van der Waals surface area (Å²) in [6.07, 6.45) is 9.99. The Morgan fingerprint density at radius 2 is 1.76 bits per heavy atom. The summed E-state index contributed by atoms with van der Waals surface area (Å²) in [4.78, 5) is 20.1. The van der Waals surface area contributed by atoms with E-state index < -0.39 is 5.92 Å². The maximum Gasteiger partial charge on any atom is 0.270 e. The largest absolute Gasteiger partial charge is 0.339 e. The van der Waals surface area contributed by atoms with Gasteiger partial charge in [0, 0.05) is 37.1 Å². The molecule has 0 spiro atoms. The van der Waals surface area contributed by atoms with Crippen LogP contribution in [0.3, 0.4) is 0 Å². The third kappa shape index (κ3) is 7.31. The fraction of sp³-hybridized carbons (Fsp3) is 0.297. The summed E-state index contributed by atoms with van der Waals surface area (Å²) in [5.41, 5.74) is 7.57. The van der Waals surface area contributed by atoms with Gasteiger partial charge in [-0.2, -0.15) is 0 Å². The van der Waals surface area contributed by atoms with Crippen molar-refractivity contribution in [2.45, 2.75) is 52.9 Å². The number of allylic oxidation sites excluding steroid dienone is 2. The Morgan fingerprint density at radius 3 is 2.38 bits per heavy atom. The first-order valence-electron chi connectivity index (χ1n) is 14.3. The van der Waals surface area contributed by atoms with E-state index in [0.717, 1.165) is 59.0 Å². The molecule has 0 saturated carbocycles. The van der Waals surface area contributed by atoms with Crippen LogP contribution in [0.5, 0.6) is 0 Å². The highest BCUT2D eigenvalue weighted by atomic mass is 19.3. The Hall–Kier alpha value is -4.30. The Balaban J connectivity index is 1.53. The molecule has 0 N–H and O–H groups in total. The lowest BCUT2D eigenvalue weighted by Crippen LogP contribution is -2.40. The van der Waals surface area contributed by atoms with Gasteiger partial charge in [-0.15, -0.1) is 6.42 Å². The zero-order valence-electron chi connectivity index (χ0n) is 24.9. The highest BCUT2D eigenvalue weighted by Crippen LogP contribution is 2.33. The van der Waals surface area contributed by atoms with E-state index in [1.54, 1.807) is 12.1 Å². The van der Waals surface area contributed by atoms with E-state index in [9.17, 15) is 13.6 Å². The maximum atomic E-state index is 14.1. The Bertz CT molecular complexity index is 1580. The van der Waals surface area contributed by atoms with Gasteiger partial charge < -0.3 is 4.90 Å². The van der Waals surface area contributed by atoms with E-state index in [-0.39, 0.29) is 17.4 Å². The van der Waals surface area contributed by atoms with Crippen molar-refractivity contribution in [1.29, 1.82) is 0 Å². The van der Waals surface area contributed by atoms with Gasteiger partial charge in [0.1, 0.15) is 0 Å². The smallest absolute Gasteiger partial charge is 0.270 e. The number of terminal acetylenes is 1. The summed E-state index contributed by atoms with van der Waals surface area (Å²) in [7, 11) is 0. The summed E-state index contributed by atoms with van der Waals surface area (Å²) in [6, 6.07) is 20.0. The van der Waals surface area contributed by atoms with Gasteiger partial charge in [-0.3, -0.25) is 4.79 Å². The number of hydrogen-bond donors (Lipinski definition) is 0. The lowest BCUT2D eigenvalue weighted by molar-refractivity contribution is 0.0174. The van der Waals surface area contributed by atoms with Gasteiger partial charge in [-0.1, -0.05) is 66.6 Å². The van der Waals surface area contributed by atoms with Gasteiger partial charge >= 0.3 is 0 Å². The number of aryl methyl sites for hydroxylation is 2. The van der Waals surface area contributed by atoms with Crippen LogP contribution in [0.25, 0.3) is 5.57 Å². The topological polar surface area (TPSA) is 32.7 Å². The van der Waals surface area contributed by atoms with Crippen LogP contribution in [-0.4, -0.2) is 29.6 Å². The molecule has 216 valence electrons. The third-order valence-electron chi connectivity index (χ3n) is 7.77. The van der Waals surface area contributed by atoms with Crippen LogP contribution in [0.4, 0.5) is 14.5 Å². The van der Waals surface area contributed by atoms with E-state index in [2.05, 4.69) is 12.5 Å². The van der Waals surface area contributed by atoms with E-state index in [1.807, 2.05) is 80.3 Å². The Morgan fingerprint density at radius 1 is 1.05 bits per heavy atom. The molecule has 0 radical (unpaired) electrons. The molecule has 1 aliphatic rings. The van der Waals surface area contributed by atoms with Gasteiger partial charge in [0.25, 0.3) is 11.8 Å². The van der Waals surface area contributed by atoms with Crippen molar-refractivity contribution in [3.8, 4) is 12.3 Å². The average molecular weight is 565 g/mol. The minimum absolute atomic E-state index is 0.0266. The first-order valence-corrected chi connectivity index (χ1v) is 14.3. The van der Waals surface area contributed by atoms with Gasteiger partial charge in [-0.25, -0.2) is 13.8 Å². The number of hydrogen-bond acceptors (Lipinski definition) is 2. The standard InChI is InChI=1S/C37H38F2N2O/c1-7-34(40-35-14-9-8-11-26(35)4)28-19-21-41(22-20-28)36(42)30-16-18-32(27(5)23-30)33(17-15-25(2)3)29-12-10-13-31(24-29)37(6,38)39/h1,8-14,16-18,23-24,28H,2,15,19-22H2,3-6H3/b33-17-,40-34?. The molecule has 1 amide bonds. The van der Waals surface area contributed by atoms with Gasteiger partial charge in [-0.05, 0) is 92.1 Å². The molecule has 3 aromatic rings. The first-order chi connectivity index (χ1) is 20.0. The number of likely N-dealkylation sites (tertiary alicyclic amines) is 1. The molecule has 0 aromatic heterocycles. The molecular weight excluding hydrogens is 526 g/mol. The number of alkyl halides is 2. The van der Waals surface area contributed by atoms with Gasteiger partial charge in [0.2, 0.25) is 0 Å². The number of rotatable bonds is 8. The third-order valence-corrected chi connectivity index (χ3v) is 7.77. The summed E-state index contributed by atoms with van der Waals surface area (Å²) < 4.78 is 28.2. The lowest BCUT2D eigenvalue weighted by atomic mass is 9.89. The molecule has 3 nitrogen and oxygen atoms in total. The van der Waals surface area contributed by atoms with E-state index in [1.165, 1.54) is 6.07 Å². The minimum atomic E-state index is -2.94. The van der Waals surface area contributed by atoms with Crippen molar-refractivity contribution >= 4 is 22.9 Å². The second-order valence-corrected chi connectivity index (χ2v) is 11.3. The average Bonchev–Trinajstić information content (AvgIpc) is 2.97. The normalized spacial score (nSPS) is 14.9. The number of carbonyl (C=O) groups is 1. The van der Waals surface area contributed by atoms with Gasteiger partial charge in [0.05, 0.1) is 11.4 Å². The second-order valence-electron chi connectivity index (χ2n) is 11.3. The molecule has 1 heterocycles. The number of piperidine rings is 1. The van der Waals surface area contributed by atoms with Crippen LogP contribution in [0.2, 0.25) is 0 Å². The summed E-state index contributed by atoms with van der Waals surface area (Å²) >= 11 is 0. The summed E-state index contributed by atoms with van der Waals surface area (Å²) in [5, 5.41) is 0. The quantitative estimate of drug-likeness (QED) is 0.153. The highest BCUT2D eigenvalue weighted by Gasteiger charge is 2.27. The Kier molecular flexibility index (Phi) is 9.58. The zero-order valence-corrected chi connectivity index (χ0v) is 24.9. The second kappa shape index (κ2) is 13.1.